The monoisotopic (exact) mass is 363 g/mol. The van der Waals surface area contributed by atoms with Gasteiger partial charge in [0.25, 0.3) is 0 Å². The van der Waals surface area contributed by atoms with Crippen molar-refractivity contribution in [1.29, 1.82) is 0 Å². The number of halogens is 2. The Balaban J connectivity index is 1.94. The van der Waals surface area contributed by atoms with Crippen LogP contribution < -0.4 is 20.3 Å². The number of alkyl halides is 2. The highest BCUT2D eigenvalue weighted by Gasteiger charge is 2.09. The predicted octanol–water partition coefficient (Wildman–Crippen LogP) is 2.61. The second-order valence-electron chi connectivity index (χ2n) is 5.65. The summed E-state index contributed by atoms with van der Waals surface area (Å²) >= 11 is 0. The van der Waals surface area contributed by atoms with Gasteiger partial charge in [-0.1, -0.05) is 24.3 Å². The van der Waals surface area contributed by atoms with E-state index in [1.807, 2.05) is 37.2 Å². The average Bonchev–Trinajstić information content (AvgIpc) is 2.63. The summed E-state index contributed by atoms with van der Waals surface area (Å²) in [4.78, 5) is 10.6. The van der Waals surface area contributed by atoms with E-state index in [-0.39, 0.29) is 5.75 Å². The number of hydrogen-bond acceptors (Lipinski definition) is 4. The van der Waals surface area contributed by atoms with Gasteiger partial charge >= 0.3 is 6.61 Å². The number of aliphatic imine (C=N–C) groups is 1. The van der Waals surface area contributed by atoms with Gasteiger partial charge in [0.1, 0.15) is 11.6 Å². The zero-order valence-electron chi connectivity index (χ0n) is 15.0. The van der Waals surface area contributed by atoms with Crippen LogP contribution in [0.15, 0.2) is 47.5 Å². The topological polar surface area (TPSA) is 61.8 Å². The maximum atomic E-state index is 12.5. The van der Waals surface area contributed by atoms with Crippen LogP contribution in [-0.4, -0.2) is 38.7 Å². The maximum Gasteiger partial charge on any atom is 0.387 e. The molecule has 1 aromatic carbocycles. The Morgan fingerprint density at radius 1 is 1.12 bits per heavy atom. The molecule has 0 fully saturated rings. The number of para-hydroxylation sites is 1. The first-order valence-corrected chi connectivity index (χ1v) is 8.10. The molecule has 6 nitrogen and oxygen atoms in total. The molecule has 2 rings (SSSR count). The highest BCUT2D eigenvalue weighted by Crippen LogP contribution is 2.19. The lowest BCUT2D eigenvalue weighted by molar-refractivity contribution is -0.0504. The van der Waals surface area contributed by atoms with Crippen LogP contribution >= 0.6 is 0 Å². The Morgan fingerprint density at radius 2 is 1.85 bits per heavy atom. The van der Waals surface area contributed by atoms with E-state index in [4.69, 9.17) is 0 Å². The van der Waals surface area contributed by atoms with E-state index in [0.717, 1.165) is 11.5 Å². The molecule has 0 aliphatic carbocycles. The summed E-state index contributed by atoms with van der Waals surface area (Å²) in [5, 5.41) is 6.23. The van der Waals surface area contributed by atoms with Crippen LogP contribution in [0.1, 0.15) is 11.3 Å². The highest BCUT2D eigenvalue weighted by atomic mass is 19.3. The smallest absolute Gasteiger partial charge is 0.387 e. The third-order valence-electron chi connectivity index (χ3n) is 3.55. The van der Waals surface area contributed by atoms with Crippen molar-refractivity contribution in [3.05, 3.63) is 53.7 Å². The lowest BCUT2D eigenvalue weighted by Gasteiger charge is -2.15. The summed E-state index contributed by atoms with van der Waals surface area (Å²) in [5.74, 6) is 1.55. The molecule has 0 atom stereocenters. The highest BCUT2D eigenvalue weighted by molar-refractivity contribution is 5.79. The molecule has 140 valence electrons. The molecule has 0 saturated carbocycles. The van der Waals surface area contributed by atoms with Crippen molar-refractivity contribution < 1.29 is 13.5 Å². The van der Waals surface area contributed by atoms with Crippen molar-refractivity contribution in [3.63, 3.8) is 0 Å². The number of nitrogens with one attached hydrogen (secondary N) is 2. The second kappa shape index (κ2) is 9.55. The van der Waals surface area contributed by atoms with Crippen molar-refractivity contribution in [2.45, 2.75) is 19.7 Å². The fraction of sp³-hybridized carbons (Fsp3) is 0.333. The largest absolute Gasteiger partial charge is 0.434 e. The van der Waals surface area contributed by atoms with Gasteiger partial charge in [-0.05, 0) is 18.2 Å². The van der Waals surface area contributed by atoms with Crippen molar-refractivity contribution >= 4 is 11.8 Å². The molecule has 2 N–H and O–H groups in total. The number of aromatic nitrogens is 1. The fourth-order valence-corrected chi connectivity index (χ4v) is 2.25. The number of pyridine rings is 1. The van der Waals surface area contributed by atoms with Crippen LogP contribution in [0.25, 0.3) is 0 Å². The number of nitrogens with zero attached hydrogens (tertiary/aromatic N) is 3. The molecular weight excluding hydrogens is 340 g/mol. The number of rotatable bonds is 7. The number of hydrogen-bond donors (Lipinski definition) is 2. The lowest BCUT2D eigenvalue weighted by Crippen LogP contribution is -2.36. The summed E-state index contributed by atoms with van der Waals surface area (Å²) < 4.78 is 29.5. The summed E-state index contributed by atoms with van der Waals surface area (Å²) in [6.07, 6.45) is 0. The number of anilines is 1. The van der Waals surface area contributed by atoms with Crippen LogP contribution in [0.5, 0.6) is 5.75 Å². The molecule has 1 heterocycles. The first-order valence-electron chi connectivity index (χ1n) is 8.10. The van der Waals surface area contributed by atoms with E-state index in [0.29, 0.717) is 24.6 Å². The third-order valence-corrected chi connectivity index (χ3v) is 3.55. The van der Waals surface area contributed by atoms with Crippen molar-refractivity contribution in [3.8, 4) is 5.75 Å². The number of ether oxygens (including phenoxy) is 1. The standard InChI is InChI=1S/C18H23F2N5O/c1-21-18(23-12-14-8-6-10-16(24-14)25(2)3)22-11-13-7-4-5-9-15(13)26-17(19)20/h4-10,17H,11-12H2,1-3H3,(H2,21,22,23). The molecule has 1 aromatic heterocycles. The molecule has 0 aliphatic heterocycles. The Hall–Kier alpha value is -2.90. The van der Waals surface area contributed by atoms with Crippen LogP contribution in [0.3, 0.4) is 0 Å². The molecule has 0 amide bonds. The van der Waals surface area contributed by atoms with Crippen molar-refractivity contribution in [2.24, 2.45) is 4.99 Å². The Morgan fingerprint density at radius 3 is 2.54 bits per heavy atom. The van der Waals surface area contributed by atoms with Gasteiger partial charge in [0.15, 0.2) is 5.96 Å². The Kier molecular flexibility index (Phi) is 7.13. The molecule has 0 bridgehead atoms. The lowest BCUT2D eigenvalue weighted by atomic mass is 10.2. The molecule has 26 heavy (non-hydrogen) atoms. The van der Waals surface area contributed by atoms with E-state index in [1.54, 1.807) is 25.2 Å². The average molecular weight is 363 g/mol. The van der Waals surface area contributed by atoms with Gasteiger partial charge in [0.2, 0.25) is 0 Å². The normalized spacial score (nSPS) is 11.4. The van der Waals surface area contributed by atoms with Crippen LogP contribution in [0.4, 0.5) is 14.6 Å². The first-order chi connectivity index (χ1) is 12.5. The van der Waals surface area contributed by atoms with Crippen LogP contribution in [0.2, 0.25) is 0 Å². The van der Waals surface area contributed by atoms with Gasteiger partial charge in [-0.2, -0.15) is 8.78 Å². The fourth-order valence-electron chi connectivity index (χ4n) is 2.25. The molecule has 0 spiro atoms. The van der Waals surface area contributed by atoms with Gasteiger partial charge in [0.05, 0.1) is 12.2 Å². The quantitative estimate of drug-likeness (QED) is 0.585. The predicted molar refractivity (Wildman–Crippen MR) is 98.7 cm³/mol. The van der Waals surface area contributed by atoms with Gasteiger partial charge in [-0.25, -0.2) is 4.98 Å². The Labute approximate surface area is 151 Å². The summed E-state index contributed by atoms with van der Waals surface area (Å²) in [6.45, 7) is -2.08. The minimum absolute atomic E-state index is 0.144. The van der Waals surface area contributed by atoms with E-state index < -0.39 is 6.61 Å². The summed E-state index contributed by atoms with van der Waals surface area (Å²) in [7, 11) is 5.50. The molecule has 0 aliphatic rings. The Bertz CT molecular complexity index is 737. The van der Waals surface area contributed by atoms with E-state index in [1.165, 1.54) is 6.07 Å². The number of benzene rings is 1. The zero-order chi connectivity index (χ0) is 18.9. The van der Waals surface area contributed by atoms with Gasteiger partial charge < -0.3 is 20.3 Å². The molecule has 0 radical (unpaired) electrons. The molecular formula is C18H23F2N5O. The second-order valence-corrected chi connectivity index (χ2v) is 5.65. The van der Waals surface area contributed by atoms with E-state index in [2.05, 4.69) is 25.3 Å². The SMILES string of the molecule is CN=C(NCc1cccc(N(C)C)n1)NCc1ccccc1OC(F)F. The maximum absolute atomic E-state index is 12.5. The molecule has 0 unspecified atom stereocenters. The van der Waals surface area contributed by atoms with E-state index >= 15 is 0 Å². The molecule has 0 saturated heterocycles. The van der Waals surface area contributed by atoms with Gasteiger partial charge in [0, 0.05) is 33.3 Å². The minimum Gasteiger partial charge on any atom is -0.434 e. The van der Waals surface area contributed by atoms with Crippen molar-refractivity contribution in [2.75, 3.05) is 26.0 Å². The van der Waals surface area contributed by atoms with Crippen molar-refractivity contribution in [1.82, 2.24) is 15.6 Å². The van der Waals surface area contributed by atoms with Crippen LogP contribution in [0, 0.1) is 0 Å². The van der Waals surface area contributed by atoms with Gasteiger partial charge in [-0.15, -0.1) is 0 Å². The molecule has 2 aromatic rings. The van der Waals surface area contributed by atoms with E-state index in [9.17, 15) is 8.78 Å². The summed E-state index contributed by atoms with van der Waals surface area (Å²) in [5.41, 5.74) is 1.48. The first kappa shape index (κ1) is 19.4. The number of guanidine groups is 1. The minimum atomic E-state index is -2.86. The molecule has 8 heteroatoms. The third kappa shape index (κ3) is 5.87. The van der Waals surface area contributed by atoms with Gasteiger partial charge in [-0.3, -0.25) is 4.99 Å². The van der Waals surface area contributed by atoms with Crippen LogP contribution in [-0.2, 0) is 13.1 Å². The zero-order valence-corrected chi connectivity index (χ0v) is 15.0. The summed E-state index contributed by atoms with van der Waals surface area (Å²) in [6, 6.07) is 12.4.